The average molecular weight is 368 g/mol. The van der Waals surface area contributed by atoms with E-state index in [1.807, 2.05) is 31.3 Å². The molecule has 2 aromatic carbocycles. The quantitative estimate of drug-likeness (QED) is 0.406. The number of ether oxygens (including phenoxy) is 1. The summed E-state index contributed by atoms with van der Waals surface area (Å²) in [5.41, 5.74) is 8.77. The molecule has 0 bridgehead atoms. The minimum absolute atomic E-state index is 0.0117. The molecule has 0 saturated carbocycles. The van der Waals surface area contributed by atoms with E-state index in [2.05, 4.69) is 14.8 Å². The van der Waals surface area contributed by atoms with E-state index < -0.39 is 12.1 Å². The van der Waals surface area contributed by atoms with Gasteiger partial charge in [-0.3, -0.25) is 0 Å². The van der Waals surface area contributed by atoms with Gasteiger partial charge >= 0.3 is 12.1 Å². The van der Waals surface area contributed by atoms with E-state index in [1.54, 1.807) is 30.3 Å². The van der Waals surface area contributed by atoms with Crippen molar-refractivity contribution in [2.45, 2.75) is 26.0 Å². The molecule has 0 aliphatic carbocycles. The highest BCUT2D eigenvalue weighted by atomic mass is 17.2. The summed E-state index contributed by atoms with van der Waals surface area (Å²) in [5.74, 6) is -0.790. The van der Waals surface area contributed by atoms with Gasteiger partial charge in [-0.05, 0) is 42.7 Å². The predicted octanol–water partition coefficient (Wildman–Crippen LogP) is 3.48. The second kappa shape index (κ2) is 8.37. The summed E-state index contributed by atoms with van der Waals surface area (Å²) in [5, 5.41) is 0.869. The molecule has 0 unspecified atom stereocenters. The SMILES string of the molecule is C[C@@H](N)Cc1c[nH]c2ccc(C(=O)OOC(=O)OCc3ccccc3)cc12. The Morgan fingerprint density at radius 2 is 1.89 bits per heavy atom. The fourth-order valence-corrected chi connectivity index (χ4v) is 2.68. The third kappa shape index (κ3) is 4.86. The molecular formula is C20H20N2O5. The van der Waals surface area contributed by atoms with Crippen LogP contribution in [0.25, 0.3) is 10.9 Å². The van der Waals surface area contributed by atoms with E-state index >= 15 is 0 Å². The van der Waals surface area contributed by atoms with Crippen molar-refractivity contribution >= 4 is 23.0 Å². The minimum Gasteiger partial charge on any atom is -0.427 e. The Labute approximate surface area is 156 Å². The van der Waals surface area contributed by atoms with Crippen LogP contribution in [0.1, 0.15) is 28.4 Å². The number of benzene rings is 2. The summed E-state index contributed by atoms with van der Waals surface area (Å²) in [6, 6.07) is 14.1. The van der Waals surface area contributed by atoms with Crippen molar-refractivity contribution in [3.63, 3.8) is 0 Å². The second-order valence-corrected chi connectivity index (χ2v) is 6.23. The molecule has 0 aliphatic heterocycles. The van der Waals surface area contributed by atoms with Crippen LogP contribution in [-0.2, 0) is 27.5 Å². The molecule has 0 saturated heterocycles. The zero-order valence-corrected chi connectivity index (χ0v) is 14.8. The maximum atomic E-state index is 12.1. The summed E-state index contributed by atoms with van der Waals surface area (Å²) >= 11 is 0. The van der Waals surface area contributed by atoms with Crippen molar-refractivity contribution in [3.8, 4) is 0 Å². The molecule has 3 aromatic rings. The van der Waals surface area contributed by atoms with Crippen LogP contribution in [-0.4, -0.2) is 23.2 Å². The van der Waals surface area contributed by atoms with E-state index in [0.717, 1.165) is 22.0 Å². The van der Waals surface area contributed by atoms with E-state index in [4.69, 9.17) is 10.5 Å². The Hall–Kier alpha value is -3.32. The van der Waals surface area contributed by atoms with Gasteiger partial charge in [0.15, 0.2) is 0 Å². The topological polar surface area (TPSA) is 104 Å². The molecule has 27 heavy (non-hydrogen) atoms. The van der Waals surface area contributed by atoms with Crippen LogP contribution in [0.2, 0.25) is 0 Å². The Bertz CT molecular complexity index is 934. The lowest BCUT2D eigenvalue weighted by atomic mass is 10.0. The lowest BCUT2D eigenvalue weighted by Crippen LogP contribution is -2.17. The van der Waals surface area contributed by atoms with Crippen LogP contribution in [0.5, 0.6) is 0 Å². The van der Waals surface area contributed by atoms with Gasteiger partial charge in [-0.15, -0.1) is 0 Å². The van der Waals surface area contributed by atoms with Gasteiger partial charge in [0.25, 0.3) is 0 Å². The van der Waals surface area contributed by atoms with Crippen LogP contribution >= 0.6 is 0 Å². The normalized spacial score (nSPS) is 11.8. The number of aromatic amines is 1. The Balaban J connectivity index is 1.58. The van der Waals surface area contributed by atoms with Crippen molar-refractivity contribution in [1.29, 1.82) is 0 Å². The van der Waals surface area contributed by atoms with Gasteiger partial charge in [-0.25, -0.2) is 14.6 Å². The van der Waals surface area contributed by atoms with Gasteiger partial charge in [-0.1, -0.05) is 30.3 Å². The van der Waals surface area contributed by atoms with Crippen molar-refractivity contribution in [2.24, 2.45) is 5.73 Å². The van der Waals surface area contributed by atoms with E-state index in [1.165, 1.54) is 0 Å². The number of hydrogen-bond acceptors (Lipinski definition) is 6. The number of hydrogen-bond donors (Lipinski definition) is 2. The summed E-state index contributed by atoms with van der Waals surface area (Å²) in [6.07, 6.45) is 1.44. The molecule has 0 amide bonds. The third-order valence-electron chi connectivity index (χ3n) is 3.93. The first-order valence-electron chi connectivity index (χ1n) is 8.48. The largest absolute Gasteiger partial charge is 0.550 e. The first kappa shape index (κ1) is 18.5. The first-order valence-corrected chi connectivity index (χ1v) is 8.48. The number of rotatable bonds is 5. The average Bonchev–Trinajstić information content (AvgIpc) is 3.06. The molecule has 0 aliphatic rings. The van der Waals surface area contributed by atoms with Crippen LogP contribution < -0.4 is 5.73 Å². The van der Waals surface area contributed by atoms with Crippen molar-refractivity contribution in [1.82, 2.24) is 4.98 Å². The monoisotopic (exact) mass is 368 g/mol. The number of carbonyl (C=O) groups excluding carboxylic acids is 2. The number of nitrogens with two attached hydrogens (primary N) is 1. The van der Waals surface area contributed by atoms with E-state index in [0.29, 0.717) is 6.42 Å². The van der Waals surface area contributed by atoms with E-state index in [-0.39, 0.29) is 18.2 Å². The van der Waals surface area contributed by atoms with Crippen molar-refractivity contribution < 1.29 is 24.1 Å². The fraction of sp³-hybridized carbons (Fsp3) is 0.200. The molecule has 0 spiro atoms. The molecule has 0 fully saturated rings. The zero-order valence-electron chi connectivity index (χ0n) is 14.8. The van der Waals surface area contributed by atoms with Crippen molar-refractivity contribution in [3.05, 3.63) is 71.4 Å². The third-order valence-corrected chi connectivity index (χ3v) is 3.93. The highest BCUT2D eigenvalue weighted by Gasteiger charge is 2.15. The van der Waals surface area contributed by atoms with Crippen molar-refractivity contribution in [2.75, 3.05) is 0 Å². The Morgan fingerprint density at radius 1 is 1.11 bits per heavy atom. The summed E-state index contributed by atoms with van der Waals surface area (Å²) in [4.78, 5) is 35.8. The van der Waals surface area contributed by atoms with Crippen LogP contribution in [0.3, 0.4) is 0 Å². The molecular weight excluding hydrogens is 348 g/mol. The fourth-order valence-electron chi connectivity index (χ4n) is 2.68. The standard InChI is InChI=1S/C20H20N2O5/c1-13(21)9-16-11-22-18-8-7-15(10-17(16)18)19(23)26-27-20(24)25-12-14-5-3-2-4-6-14/h2-8,10-11,13,22H,9,12,21H2,1H3/t13-/m1/s1. The van der Waals surface area contributed by atoms with Crippen LogP contribution in [0.4, 0.5) is 4.79 Å². The number of H-pyrrole nitrogens is 1. The predicted molar refractivity (Wildman–Crippen MR) is 98.8 cm³/mol. The minimum atomic E-state index is -1.09. The van der Waals surface area contributed by atoms with E-state index in [9.17, 15) is 9.59 Å². The molecule has 1 atom stereocenters. The molecule has 1 heterocycles. The highest BCUT2D eigenvalue weighted by molar-refractivity contribution is 5.95. The maximum Gasteiger partial charge on any atom is 0.550 e. The summed E-state index contributed by atoms with van der Waals surface area (Å²) in [7, 11) is 0. The van der Waals surface area contributed by atoms with Crippen LogP contribution in [0.15, 0.2) is 54.7 Å². The molecule has 1 aromatic heterocycles. The highest BCUT2D eigenvalue weighted by Crippen LogP contribution is 2.21. The first-order chi connectivity index (χ1) is 13.0. The smallest absolute Gasteiger partial charge is 0.427 e. The van der Waals surface area contributed by atoms with Gasteiger partial charge in [0.05, 0.1) is 5.56 Å². The molecule has 3 rings (SSSR count). The lowest BCUT2D eigenvalue weighted by molar-refractivity contribution is -0.204. The van der Waals surface area contributed by atoms with Crippen LogP contribution in [0, 0.1) is 0 Å². The zero-order chi connectivity index (χ0) is 19.2. The Morgan fingerprint density at radius 3 is 2.63 bits per heavy atom. The number of nitrogens with one attached hydrogen (secondary N) is 1. The number of aromatic nitrogens is 1. The summed E-state index contributed by atoms with van der Waals surface area (Å²) < 4.78 is 4.88. The molecule has 3 N–H and O–H groups in total. The lowest BCUT2D eigenvalue weighted by Gasteiger charge is -2.06. The van der Waals surface area contributed by atoms with Gasteiger partial charge in [0.2, 0.25) is 0 Å². The number of carbonyl (C=O) groups is 2. The van der Waals surface area contributed by atoms with Gasteiger partial charge in [0.1, 0.15) is 6.61 Å². The molecule has 7 heteroatoms. The number of fused-ring (bicyclic) bond motifs is 1. The van der Waals surface area contributed by atoms with Gasteiger partial charge in [0, 0.05) is 23.1 Å². The maximum absolute atomic E-state index is 12.1. The Kier molecular flexibility index (Phi) is 5.73. The molecule has 140 valence electrons. The summed E-state index contributed by atoms with van der Waals surface area (Å²) in [6.45, 7) is 1.93. The molecule has 0 radical (unpaired) electrons. The molecule has 7 nitrogen and oxygen atoms in total. The second-order valence-electron chi connectivity index (χ2n) is 6.23. The van der Waals surface area contributed by atoms with Gasteiger partial charge in [-0.2, -0.15) is 4.79 Å². The van der Waals surface area contributed by atoms with Gasteiger partial charge < -0.3 is 15.5 Å².